The Balaban J connectivity index is 1.93. The second-order valence-electron chi connectivity index (χ2n) is 4.78. The van der Waals surface area contributed by atoms with E-state index in [-0.39, 0.29) is 17.8 Å². The summed E-state index contributed by atoms with van der Waals surface area (Å²) in [5.41, 5.74) is -0.126. The molecule has 0 bridgehead atoms. The van der Waals surface area contributed by atoms with E-state index in [9.17, 15) is 13.6 Å². The lowest BCUT2D eigenvalue weighted by Gasteiger charge is -2.22. The second kappa shape index (κ2) is 6.05. The number of hydrogen-bond acceptors (Lipinski definition) is 2. The number of ketones is 1. The van der Waals surface area contributed by atoms with E-state index in [2.05, 4.69) is 5.32 Å². The standard InChI is InChI=1S/C14H17F2NO/c15-12-5-1-4-11(14(12)16)13(18)7-6-10-3-2-8-17-9-10/h1,4-5,10,17H,2-3,6-9H2. The van der Waals surface area contributed by atoms with Gasteiger partial charge in [0, 0.05) is 6.42 Å². The Kier molecular flexibility index (Phi) is 4.42. The number of Topliss-reactive ketones (excluding diaryl/α,β-unsaturated/α-hetero) is 1. The van der Waals surface area contributed by atoms with Gasteiger partial charge >= 0.3 is 0 Å². The molecule has 18 heavy (non-hydrogen) atoms. The zero-order valence-electron chi connectivity index (χ0n) is 10.2. The summed E-state index contributed by atoms with van der Waals surface area (Å²) in [6.45, 7) is 1.95. The Morgan fingerprint density at radius 2 is 2.22 bits per heavy atom. The first-order valence-corrected chi connectivity index (χ1v) is 6.36. The minimum absolute atomic E-state index is 0.126. The molecule has 0 amide bonds. The highest BCUT2D eigenvalue weighted by atomic mass is 19.2. The van der Waals surface area contributed by atoms with Crippen LogP contribution in [0, 0.1) is 17.6 Å². The van der Waals surface area contributed by atoms with E-state index in [0.29, 0.717) is 5.92 Å². The lowest BCUT2D eigenvalue weighted by atomic mass is 9.92. The van der Waals surface area contributed by atoms with Gasteiger partial charge in [-0.15, -0.1) is 0 Å². The molecule has 2 nitrogen and oxygen atoms in total. The number of rotatable bonds is 4. The maximum absolute atomic E-state index is 13.4. The fourth-order valence-corrected chi connectivity index (χ4v) is 2.36. The lowest BCUT2D eigenvalue weighted by molar-refractivity contribution is 0.0966. The molecule has 98 valence electrons. The smallest absolute Gasteiger partial charge is 0.169 e. The van der Waals surface area contributed by atoms with E-state index < -0.39 is 11.6 Å². The van der Waals surface area contributed by atoms with E-state index in [0.717, 1.165) is 38.4 Å². The van der Waals surface area contributed by atoms with Crippen LogP contribution in [0.15, 0.2) is 18.2 Å². The van der Waals surface area contributed by atoms with Crippen LogP contribution >= 0.6 is 0 Å². The molecule has 2 rings (SSSR count). The molecule has 0 radical (unpaired) electrons. The molecule has 1 aromatic carbocycles. The molecule has 0 saturated carbocycles. The van der Waals surface area contributed by atoms with Gasteiger partial charge in [0.2, 0.25) is 0 Å². The van der Waals surface area contributed by atoms with E-state index in [1.807, 2.05) is 0 Å². The zero-order valence-corrected chi connectivity index (χ0v) is 10.2. The molecule has 1 aromatic rings. The van der Waals surface area contributed by atoms with Crippen LogP contribution in [-0.2, 0) is 0 Å². The van der Waals surface area contributed by atoms with Crippen LogP contribution in [0.5, 0.6) is 0 Å². The minimum Gasteiger partial charge on any atom is -0.316 e. The molecule has 0 aliphatic carbocycles. The van der Waals surface area contributed by atoms with Crippen molar-refractivity contribution in [3.05, 3.63) is 35.4 Å². The van der Waals surface area contributed by atoms with Crippen molar-refractivity contribution in [2.45, 2.75) is 25.7 Å². The SMILES string of the molecule is O=C(CCC1CCCNC1)c1cccc(F)c1F. The van der Waals surface area contributed by atoms with Crippen molar-refractivity contribution < 1.29 is 13.6 Å². The van der Waals surface area contributed by atoms with Gasteiger partial charge in [0.05, 0.1) is 5.56 Å². The molecular formula is C14H17F2NO. The van der Waals surface area contributed by atoms with Crippen LogP contribution < -0.4 is 5.32 Å². The van der Waals surface area contributed by atoms with E-state index in [4.69, 9.17) is 0 Å². The van der Waals surface area contributed by atoms with Gasteiger partial charge in [-0.2, -0.15) is 0 Å². The number of carbonyl (C=O) groups is 1. The summed E-state index contributed by atoms with van der Waals surface area (Å²) in [7, 11) is 0. The van der Waals surface area contributed by atoms with Gasteiger partial charge in [-0.1, -0.05) is 6.07 Å². The van der Waals surface area contributed by atoms with Crippen molar-refractivity contribution in [1.82, 2.24) is 5.32 Å². The van der Waals surface area contributed by atoms with Crippen molar-refractivity contribution in [2.24, 2.45) is 5.92 Å². The first-order valence-electron chi connectivity index (χ1n) is 6.36. The monoisotopic (exact) mass is 253 g/mol. The molecule has 1 heterocycles. The third-order valence-corrected chi connectivity index (χ3v) is 3.43. The number of halogens is 2. The van der Waals surface area contributed by atoms with Gasteiger partial charge in [0.1, 0.15) is 0 Å². The van der Waals surface area contributed by atoms with Crippen LogP contribution in [0.25, 0.3) is 0 Å². The van der Waals surface area contributed by atoms with Crippen LogP contribution in [0.4, 0.5) is 8.78 Å². The predicted octanol–water partition coefficient (Wildman–Crippen LogP) is 2.93. The highest BCUT2D eigenvalue weighted by Gasteiger charge is 2.18. The van der Waals surface area contributed by atoms with E-state index >= 15 is 0 Å². The van der Waals surface area contributed by atoms with Gasteiger partial charge in [0.15, 0.2) is 17.4 Å². The van der Waals surface area contributed by atoms with Crippen molar-refractivity contribution in [3.8, 4) is 0 Å². The maximum atomic E-state index is 13.4. The predicted molar refractivity (Wildman–Crippen MR) is 65.5 cm³/mol. The average Bonchev–Trinajstić information content (AvgIpc) is 2.40. The third-order valence-electron chi connectivity index (χ3n) is 3.43. The van der Waals surface area contributed by atoms with E-state index in [1.54, 1.807) is 0 Å². The molecule has 4 heteroatoms. The topological polar surface area (TPSA) is 29.1 Å². The second-order valence-corrected chi connectivity index (χ2v) is 4.78. The first kappa shape index (κ1) is 13.1. The Hall–Kier alpha value is -1.29. The Bertz CT molecular complexity index is 428. The quantitative estimate of drug-likeness (QED) is 0.836. The Morgan fingerprint density at radius 1 is 1.39 bits per heavy atom. The highest BCUT2D eigenvalue weighted by molar-refractivity contribution is 5.96. The first-order chi connectivity index (χ1) is 8.68. The molecule has 0 spiro atoms. The normalized spacial score (nSPS) is 19.8. The molecule has 1 N–H and O–H groups in total. The summed E-state index contributed by atoms with van der Waals surface area (Å²) in [6, 6.07) is 3.74. The minimum atomic E-state index is -1.02. The number of benzene rings is 1. The van der Waals surface area contributed by atoms with Crippen LogP contribution in [-0.4, -0.2) is 18.9 Å². The van der Waals surface area contributed by atoms with Gasteiger partial charge < -0.3 is 5.32 Å². The fourth-order valence-electron chi connectivity index (χ4n) is 2.36. The van der Waals surface area contributed by atoms with Crippen molar-refractivity contribution in [3.63, 3.8) is 0 Å². The number of hydrogen-bond donors (Lipinski definition) is 1. The number of piperidine rings is 1. The summed E-state index contributed by atoms with van der Waals surface area (Å²) in [5, 5.41) is 3.27. The maximum Gasteiger partial charge on any atom is 0.169 e. The van der Waals surface area contributed by atoms with Crippen molar-refractivity contribution in [1.29, 1.82) is 0 Å². The highest BCUT2D eigenvalue weighted by Crippen LogP contribution is 2.19. The average molecular weight is 253 g/mol. The van der Waals surface area contributed by atoms with Crippen LogP contribution in [0.2, 0.25) is 0 Å². The number of nitrogens with one attached hydrogen (secondary N) is 1. The summed E-state index contributed by atoms with van der Waals surface area (Å²) in [4.78, 5) is 11.8. The third kappa shape index (κ3) is 3.13. The summed E-state index contributed by atoms with van der Waals surface area (Å²) >= 11 is 0. The summed E-state index contributed by atoms with van der Waals surface area (Å²) in [5.74, 6) is -1.82. The molecule has 1 fully saturated rings. The van der Waals surface area contributed by atoms with E-state index in [1.165, 1.54) is 12.1 Å². The van der Waals surface area contributed by atoms with Gasteiger partial charge in [-0.25, -0.2) is 8.78 Å². The largest absolute Gasteiger partial charge is 0.316 e. The number of carbonyl (C=O) groups excluding carboxylic acids is 1. The molecule has 1 aliphatic rings. The van der Waals surface area contributed by atoms with Gasteiger partial charge in [-0.3, -0.25) is 4.79 Å². The molecule has 1 aliphatic heterocycles. The van der Waals surface area contributed by atoms with Gasteiger partial charge in [0.25, 0.3) is 0 Å². The zero-order chi connectivity index (χ0) is 13.0. The molecule has 1 atom stereocenters. The van der Waals surface area contributed by atoms with Crippen molar-refractivity contribution in [2.75, 3.05) is 13.1 Å². The molecule has 1 saturated heterocycles. The molecule has 1 unspecified atom stereocenters. The van der Waals surface area contributed by atoms with Gasteiger partial charge in [-0.05, 0) is 50.4 Å². The summed E-state index contributed by atoms with van der Waals surface area (Å²) in [6.07, 6.45) is 3.24. The lowest BCUT2D eigenvalue weighted by Crippen LogP contribution is -2.30. The Labute approximate surface area is 105 Å². The fraction of sp³-hybridized carbons (Fsp3) is 0.500. The summed E-state index contributed by atoms with van der Waals surface area (Å²) < 4.78 is 26.4. The molecule has 0 aromatic heterocycles. The van der Waals surface area contributed by atoms with Crippen molar-refractivity contribution >= 4 is 5.78 Å². The van der Waals surface area contributed by atoms with Crippen LogP contribution in [0.1, 0.15) is 36.0 Å². The van der Waals surface area contributed by atoms with Crippen LogP contribution in [0.3, 0.4) is 0 Å². The Morgan fingerprint density at radius 3 is 2.94 bits per heavy atom. The molecular weight excluding hydrogens is 236 g/mol.